The Bertz CT molecular complexity index is 1370. The molecule has 3 heterocycles. The molecule has 7 nitrogen and oxygen atoms in total. The highest BCUT2D eigenvalue weighted by Gasteiger charge is 2.21. The quantitative estimate of drug-likeness (QED) is 0.368. The van der Waals surface area contributed by atoms with Gasteiger partial charge in [-0.25, -0.2) is 4.98 Å². The minimum atomic E-state index is -0.151. The number of aromatic amines is 1. The molecule has 5 rings (SSSR count). The van der Waals surface area contributed by atoms with E-state index in [4.69, 9.17) is 0 Å². The number of amides is 1. The van der Waals surface area contributed by atoms with E-state index >= 15 is 0 Å². The largest absolute Gasteiger partial charge is 0.355 e. The summed E-state index contributed by atoms with van der Waals surface area (Å²) in [5.74, 6) is 0.151. The van der Waals surface area contributed by atoms with Crippen LogP contribution in [0.2, 0.25) is 0 Å². The molecule has 1 aliphatic heterocycles. The number of fused-ring (bicyclic) bond motifs is 3. The number of carbonyl (C=O) groups excluding carboxylic acids is 1. The number of hydrogen-bond donors (Lipinski definition) is 4. The van der Waals surface area contributed by atoms with Crippen molar-refractivity contribution in [3.05, 3.63) is 70.6 Å². The van der Waals surface area contributed by atoms with Gasteiger partial charge in [0.25, 0.3) is 5.56 Å². The SMILES string of the molecule is Cc1cc(Nc2ccnc3[nH]c(=O)c4ccccc4c23)ccc1NC(=O)C1CCNCC1. The topological polar surface area (TPSA) is 98.9 Å². The van der Waals surface area contributed by atoms with Crippen LogP contribution >= 0.6 is 0 Å². The van der Waals surface area contributed by atoms with E-state index in [1.54, 1.807) is 6.20 Å². The third-order valence-electron chi connectivity index (χ3n) is 6.10. The Morgan fingerprint density at radius 3 is 2.59 bits per heavy atom. The Kier molecular flexibility index (Phi) is 5.33. The molecule has 1 fully saturated rings. The van der Waals surface area contributed by atoms with Crippen LogP contribution in [0.1, 0.15) is 18.4 Å². The van der Waals surface area contributed by atoms with Crippen molar-refractivity contribution in [1.82, 2.24) is 15.3 Å². The van der Waals surface area contributed by atoms with Crippen LogP contribution < -0.4 is 21.5 Å². The first kappa shape index (κ1) is 20.2. The zero-order valence-corrected chi connectivity index (χ0v) is 17.9. The van der Waals surface area contributed by atoms with Gasteiger partial charge in [-0.3, -0.25) is 9.59 Å². The van der Waals surface area contributed by atoms with E-state index in [1.807, 2.05) is 55.5 Å². The number of aryl methyl sites for hydroxylation is 1. The van der Waals surface area contributed by atoms with Crippen LogP contribution in [0.5, 0.6) is 0 Å². The highest BCUT2D eigenvalue weighted by Crippen LogP contribution is 2.30. The average molecular weight is 428 g/mol. The maximum Gasteiger partial charge on any atom is 0.257 e. The number of carbonyl (C=O) groups is 1. The molecule has 0 unspecified atom stereocenters. The number of hydrogen-bond acceptors (Lipinski definition) is 5. The molecule has 4 N–H and O–H groups in total. The Balaban J connectivity index is 1.44. The van der Waals surface area contributed by atoms with E-state index in [2.05, 4.69) is 25.9 Å². The van der Waals surface area contributed by atoms with E-state index in [-0.39, 0.29) is 17.4 Å². The third-order valence-corrected chi connectivity index (χ3v) is 6.10. The zero-order chi connectivity index (χ0) is 22.1. The predicted molar refractivity (Wildman–Crippen MR) is 129 cm³/mol. The summed E-state index contributed by atoms with van der Waals surface area (Å²) in [7, 11) is 0. The molecule has 2 aromatic carbocycles. The Morgan fingerprint density at radius 2 is 1.81 bits per heavy atom. The lowest BCUT2D eigenvalue weighted by Crippen LogP contribution is -2.34. The molecular weight excluding hydrogens is 402 g/mol. The smallest absolute Gasteiger partial charge is 0.257 e. The van der Waals surface area contributed by atoms with E-state index in [0.717, 1.165) is 59.3 Å². The van der Waals surface area contributed by atoms with Crippen molar-refractivity contribution in [2.24, 2.45) is 5.92 Å². The van der Waals surface area contributed by atoms with Gasteiger partial charge in [0, 0.05) is 39.6 Å². The highest BCUT2D eigenvalue weighted by atomic mass is 16.2. The van der Waals surface area contributed by atoms with E-state index in [1.165, 1.54) is 0 Å². The fourth-order valence-corrected chi connectivity index (χ4v) is 4.36. The lowest BCUT2D eigenvalue weighted by molar-refractivity contribution is -0.120. The molecule has 4 aromatic rings. The normalized spacial score (nSPS) is 14.5. The summed E-state index contributed by atoms with van der Waals surface area (Å²) in [5, 5.41) is 12.2. The number of nitrogens with zero attached hydrogens (tertiary/aromatic N) is 1. The minimum absolute atomic E-state index is 0.0621. The molecule has 0 bridgehead atoms. The van der Waals surface area contributed by atoms with Crippen molar-refractivity contribution in [3.8, 4) is 0 Å². The summed E-state index contributed by atoms with van der Waals surface area (Å²) in [6.07, 6.45) is 3.42. The number of anilines is 3. The third kappa shape index (κ3) is 3.83. The Hall–Kier alpha value is -3.71. The molecule has 0 atom stereocenters. The molecule has 0 aliphatic carbocycles. The first-order valence-corrected chi connectivity index (χ1v) is 10.9. The van der Waals surface area contributed by atoms with Crippen molar-refractivity contribution in [3.63, 3.8) is 0 Å². The second-order valence-corrected chi connectivity index (χ2v) is 8.25. The molecule has 2 aromatic heterocycles. The lowest BCUT2D eigenvalue weighted by atomic mass is 9.97. The van der Waals surface area contributed by atoms with Crippen molar-refractivity contribution < 1.29 is 4.79 Å². The second kappa shape index (κ2) is 8.43. The van der Waals surface area contributed by atoms with Crippen LogP contribution in [0, 0.1) is 12.8 Å². The molecule has 7 heteroatoms. The molecule has 32 heavy (non-hydrogen) atoms. The van der Waals surface area contributed by atoms with Gasteiger partial charge in [-0.2, -0.15) is 0 Å². The average Bonchev–Trinajstić information content (AvgIpc) is 2.81. The molecule has 162 valence electrons. The first-order chi connectivity index (χ1) is 15.6. The fourth-order valence-electron chi connectivity index (χ4n) is 4.36. The monoisotopic (exact) mass is 427 g/mol. The number of H-pyrrole nitrogens is 1. The summed E-state index contributed by atoms with van der Waals surface area (Å²) in [4.78, 5) is 32.2. The van der Waals surface area contributed by atoms with Crippen LogP contribution in [0.25, 0.3) is 21.8 Å². The highest BCUT2D eigenvalue weighted by molar-refractivity contribution is 6.10. The van der Waals surface area contributed by atoms with Gasteiger partial charge in [0.2, 0.25) is 5.91 Å². The van der Waals surface area contributed by atoms with Gasteiger partial charge in [-0.15, -0.1) is 0 Å². The summed E-state index contributed by atoms with van der Waals surface area (Å²) in [6.45, 7) is 3.76. The number of pyridine rings is 2. The number of rotatable bonds is 4. The summed E-state index contributed by atoms with van der Waals surface area (Å²) >= 11 is 0. The molecule has 0 radical (unpaired) electrons. The van der Waals surface area contributed by atoms with E-state index in [0.29, 0.717) is 11.0 Å². The number of aromatic nitrogens is 2. The second-order valence-electron chi connectivity index (χ2n) is 8.25. The number of benzene rings is 2. The van der Waals surface area contributed by atoms with E-state index in [9.17, 15) is 9.59 Å². The number of nitrogens with one attached hydrogen (secondary N) is 4. The predicted octanol–water partition coefficient (Wildman–Crippen LogP) is 4.07. The van der Waals surface area contributed by atoms with Gasteiger partial charge >= 0.3 is 0 Å². The van der Waals surface area contributed by atoms with Gasteiger partial charge < -0.3 is 20.9 Å². The first-order valence-electron chi connectivity index (χ1n) is 10.9. The number of piperidine rings is 1. The Morgan fingerprint density at radius 1 is 1.03 bits per heavy atom. The van der Waals surface area contributed by atoms with Gasteiger partial charge in [-0.1, -0.05) is 18.2 Å². The standard InChI is InChI=1S/C25H25N5O2/c1-15-14-17(6-7-20(15)29-24(31)16-8-11-26-12-9-16)28-21-10-13-27-23-22(21)18-4-2-3-5-19(18)25(32)30-23/h2-7,10,13-14,16,26H,8-9,11-12H2,1H3,(H,29,31)(H2,27,28,30,32). The van der Waals surface area contributed by atoms with Crippen LogP contribution in [-0.2, 0) is 4.79 Å². The van der Waals surface area contributed by atoms with Crippen LogP contribution in [0.3, 0.4) is 0 Å². The van der Waals surface area contributed by atoms with Crippen LogP contribution in [-0.4, -0.2) is 29.0 Å². The molecule has 0 spiro atoms. The maximum atomic E-state index is 12.6. The molecule has 1 aliphatic rings. The summed E-state index contributed by atoms with van der Waals surface area (Å²) in [6, 6.07) is 15.3. The molecule has 1 saturated heterocycles. The molecular formula is C25H25N5O2. The zero-order valence-electron chi connectivity index (χ0n) is 17.9. The van der Waals surface area contributed by atoms with Gasteiger partial charge in [0.15, 0.2) is 0 Å². The molecule has 1 amide bonds. The van der Waals surface area contributed by atoms with Gasteiger partial charge in [0.1, 0.15) is 5.65 Å². The summed E-state index contributed by atoms with van der Waals surface area (Å²) < 4.78 is 0. The van der Waals surface area contributed by atoms with Crippen molar-refractivity contribution in [1.29, 1.82) is 0 Å². The van der Waals surface area contributed by atoms with Crippen LogP contribution in [0.15, 0.2) is 59.5 Å². The summed E-state index contributed by atoms with van der Waals surface area (Å²) in [5.41, 5.74) is 3.95. The lowest BCUT2D eigenvalue weighted by Gasteiger charge is -2.22. The van der Waals surface area contributed by atoms with Crippen molar-refractivity contribution in [2.75, 3.05) is 23.7 Å². The molecule has 0 saturated carbocycles. The van der Waals surface area contributed by atoms with Crippen LogP contribution in [0.4, 0.5) is 17.1 Å². The van der Waals surface area contributed by atoms with Crippen molar-refractivity contribution in [2.45, 2.75) is 19.8 Å². The van der Waals surface area contributed by atoms with Gasteiger partial charge in [0.05, 0.1) is 5.69 Å². The van der Waals surface area contributed by atoms with Gasteiger partial charge in [-0.05, 0) is 68.8 Å². The maximum absolute atomic E-state index is 12.6. The van der Waals surface area contributed by atoms with Crippen molar-refractivity contribution >= 4 is 44.8 Å². The fraction of sp³-hybridized carbons (Fsp3) is 0.240. The Labute approximate surface area is 185 Å². The van der Waals surface area contributed by atoms with E-state index < -0.39 is 0 Å². The minimum Gasteiger partial charge on any atom is -0.355 e.